The van der Waals surface area contributed by atoms with E-state index in [4.69, 9.17) is 9.84 Å². The second-order valence-corrected chi connectivity index (χ2v) is 3.54. The second-order valence-electron chi connectivity index (χ2n) is 3.54. The summed E-state index contributed by atoms with van der Waals surface area (Å²) in [5.74, 6) is -0.737. The zero-order valence-electron chi connectivity index (χ0n) is 8.03. The Kier molecular flexibility index (Phi) is 4.18. The minimum absolute atomic E-state index is 0.212. The Morgan fingerprint density at radius 1 is 1.69 bits per heavy atom. The summed E-state index contributed by atoms with van der Waals surface area (Å²) in [4.78, 5) is 12.3. The SMILES string of the molecule is CN(CCC(=O)O)CC1CCCO1. The van der Waals surface area contributed by atoms with Crippen LogP contribution in [-0.2, 0) is 9.53 Å². The number of rotatable bonds is 5. The minimum atomic E-state index is -0.737. The molecule has 0 radical (unpaired) electrons. The van der Waals surface area contributed by atoms with Crippen molar-refractivity contribution in [1.29, 1.82) is 0 Å². The number of hydrogen-bond acceptors (Lipinski definition) is 3. The van der Waals surface area contributed by atoms with Crippen molar-refractivity contribution in [2.75, 3.05) is 26.7 Å². The highest BCUT2D eigenvalue weighted by Crippen LogP contribution is 2.12. The van der Waals surface area contributed by atoms with Crippen LogP contribution in [0.2, 0.25) is 0 Å². The van der Waals surface area contributed by atoms with Crippen LogP contribution < -0.4 is 0 Å². The maximum absolute atomic E-state index is 10.3. The summed E-state index contributed by atoms with van der Waals surface area (Å²) in [5, 5.41) is 8.47. The van der Waals surface area contributed by atoms with Gasteiger partial charge in [0.25, 0.3) is 0 Å². The Balaban J connectivity index is 2.09. The molecule has 0 spiro atoms. The Hall–Kier alpha value is -0.610. The normalized spacial score (nSPS) is 22.5. The molecule has 1 atom stereocenters. The summed E-state index contributed by atoms with van der Waals surface area (Å²) in [6, 6.07) is 0. The molecule has 1 fully saturated rings. The summed E-state index contributed by atoms with van der Waals surface area (Å²) in [7, 11) is 1.94. The smallest absolute Gasteiger partial charge is 0.304 e. The number of ether oxygens (including phenoxy) is 1. The number of likely N-dealkylation sites (N-methyl/N-ethyl adjacent to an activating group) is 1. The third kappa shape index (κ3) is 4.24. The fourth-order valence-corrected chi connectivity index (χ4v) is 1.51. The molecule has 1 heterocycles. The largest absolute Gasteiger partial charge is 0.481 e. The summed E-state index contributed by atoms with van der Waals surface area (Å²) in [6.45, 7) is 2.32. The lowest BCUT2D eigenvalue weighted by Crippen LogP contribution is -2.30. The van der Waals surface area contributed by atoms with E-state index in [1.165, 1.54) is 0 Å². The maximum Gasteiger partial charge on any atom is 0.304 e. The zero-order valence-corrected chi connectivity index (χ0v) is 8.03. The third-order valence-corrected chi connectivity index (χ3v) is 2.25. The number of nitrogens with zero attached hydrogens (tertiary/aromatic N) is 1. The lowest BCUT2D eigenvalue weighted by Gasteiger charge is -2.19. The van der Waals surface area contributed by atoms with Crippen molar-refractivity contribution in [3.05, 3.63) is 0 Å². The molecule has 1 aliphatic rings. The average molecular weight is 187 g/mol. The van der Waals surface area contributed by atoms with Crippen molar-refractivity contribution < 1.29 is 14.6 Å². The van der Waals surface area contributed by atoms with Gasteiger partial charge in [-0.1, -0.05) is 0 Å². The van der Waals surface area contributed by atoms with Crippen molar-refractivity contribution >= 4 is 5.97 Å². The predicted octanol–water partition coefficient (Wildman–Crippen LogP) is 0.572. The van der Waals surface area contributed by atoms with Crippen molar-refractivity contribution in [3.8, 4) is 0 Å². The molecule has 1 N–H and O–H groups in total. The Morgan fingerprint density at radius 3 is 3.00 bits per heavy atom. The monoisotopic (exact) mass is 187 g/mol. The fourth-order valence-electron chi connectivity index (χ4n) is 1.51. The second kappa shape index (κ2) is 5.19. The molecule has 0 aliphatic carbocycles. The highest BCUT2D eigenvalue weighted by Gasteiger charge is 2.17. The minimum Gasteiger partial charge on any atom is -0.481 e. The van der Waals surface area contributed by atoms with Crippen LogP contribution in [-0.4, -0.2) is 48.8 Å². The number of aliphatic carboxylic acids is 1. The van der Waals surface area contributed by atoms with Gasteiger partial charge in [0.2, 0.25) is 0 Å². The average Bonchev–Trinajstić information content (AvgIpc) is 2.53. The number of hydrogen-bond donors (Lipinski definition) is 1. The lowest BCUT2D eigenvalue weighted by molar-refractivity contribution is -0.137. The van der Waals surface area contributed by atoms with E-state index in [1.54, 1.807) is 0 Å². The van der Waals surface area contributed by atoms with Crippen molar-refractivity contribution in [2.24, 2.45) is 0 Å². The lowest BCUT2D eigenvalue weighted by atomic mass is 10.2. The molecule has 1 rings (SSSR count). The molecular formula is C9H17NO3. The van der Waals surface area contributed by atoms with E-state index >= 15 is 0 Å². The molecule has 1 unspecified atom stereocenters. The molecular weight excluding hydrogens is 170 g/mol. The van der Waals surface area contributed by atoms with Gasteiger partial charge in [-0.15, -0.1) is 0 Å². The molecule has 4 nitrogen and oxygen atoms in total. The van der Waals surface area contributed by atoms with Gasteiger partial charge in [-0.3, -0.25) is 4.79 Å². The molecule has 1 aliphatic heterocycles. The van der Waals surface area contributed by atoms with E-state index in [0.29, 0.717) is 12.6 Å². The summed E-state index contributed by atoms with van der Waals surface area (Å²) in [6.07, 6.45) is 2.77. The molecule has 0 saturated carbocycles. The predicted molar refractivity (Wildman–Crippen MR) is 48.7 cm³/mol. The highest BCUT2D eigenvalue weighted by atomic mass is 16.5. The molecule has 0 aromatic rings. The van der Waals surface area contributed by atoms with Crippen LogP contribution >= 0.6 is 0 Å². The number of carbonyl (C=O) groups is 1. The summed E-state index contributed by atoms with van der Waals surface area (Å²) in [5.41, 5.74) is 0. The Labute approximate surface area is 78.5 Å². The van der Waals surface area contributed by atoms with Crippen molar-refractivity contribution in [1.82, 2.24) is 4.90 Å². The first-order valence-corrected chi connectivity index (χ1v) is 4.70. The van der Waals surface area contributed by atoms with Gasteiger partial charge < -0.3 is 14.7 Å². The van der Waals surface area contributed by atoms with Gasteiger partial charge >= 0.3 is 5.97 Å². The van der Waals surface area contributed by atoms with E-state index < -0.39 is 5.97 Å². The van der Waals surface area contributed by atoms with E-state index in [0.717, 1.165) is 26.0 Å². The Morgan fingerprint density at radius 2 is 2.46 bits per heavy atom. The van der Waals surface area contributed by atoms with Crippen LogP contribution in [0.25, 0.3) is 0 Å². The number of carboxylic acids is 1. The van der Waals surface area contributed by atoms with Gasteiger partial charge in [-0.05, 0) is 19.9 Å². The van der Waals surface area contributed by atoms with Crippen LogP contribution in [0.5, 0.6) is 0 Å². The fraction of sp³-hybridized carbons (Fsp3) is 0.889. The quantitative estimate of drug-likeness (QED) is 0.683. The van der Waals surface area contributed by atoms with Gasteiger partial charge in [0.15, 0.2) is 0 Å². The van der Waals surface area contributed by atoms with E-state index in [-0.39, 0.29) is 6.42 Å². The molecule has 0 aromatic carbocycles. The highest BCUT2D eigenvalue weighted by molar-refractivity contribution is 5.66. The van der Waals surface area contributed by atoms with E-state index in [1.807, 2.05) is 11.9 Å². The topological polar surface area (TPSA) is 49.8 Å². The van der Waals surface area contributed by atoms with Crippen LogP contribution in [0, 0.1) is 0 Å². The summed E-state index contributed by atoms with van der Waals surface area (Å²) >= 11 is 0. The Bertz CT molecular complexity index is 166. The van der Waals surface area contributed by atoms with E-state index in [9.17, 15) is 4.79 Å². The van der Waals surface area contributed by atoms with Crippen LogP contribution in [0.4, 0.5) is 0 Å². The van der Waals surface area contributed by atoms with Crippen molar-refractivity contribution in [2.45, 2.75) is 25.4 Å². The standard InChI is InChI=1S/C9H17NO3/c1-10(5-4-9(11)12)7-8-3-2-6-13-8/h8H,2-7H2,1H3,(H,11,12). The zero-order chi connectivity index (χ0) is 9.68. The number of carboxylic acid groups (broad SMARTS) is 1. The van der Waals surface area contributed by atoms with Crippen LogP contribution in [0.1, 0.15) is 19.3 Å². The first-order chi connectivity index (χ1) is 6.18. The third-order valence-electron chi connectivity index (χ3n) is 2.25. The molecule has 0 bridgehead atoms. The van der Waals surface area contributed by atoms with Gasteiger partial charge in [0.1, 0.15) is 0 Å². The maximum atomic E-state index is 10.3. The van der Waals surface area contributed by atoms with Gasteiger partial charge in [-0.2, -0.15) is 0 Å². The van der Waals surface area contributed by atoms with Gasteiger partial charge in [0.05, 0.1) is 12.5 Å². The molecule has 0 aromatic heterocycles. The summed E-state index contributed by atoms with van der Waals surface area (Å²) < 4.78 is 5.44. The molecule has 76 valence electrons. The molecule has 1 saturated heterocycles. The van der Waals surface area contributed by atoms with Crippen molar-refractivity contribution in [3.63, 3.8) is 0 Å². The molecule has 0 amide bonds. The van der Waals surface area contributed by atoms with Crippen LogP contribution in [0.15, 0.2) is 0 Å². The molecule has 13 heavy (non-hydrogen) atoms. The van der Waals surface area contributed by atoms with E-state index in [2.05, 4.69) is 0 Å². The molecule has 4 heteroatoms. The first-order valence-electron chi connectivity index (χ1n) is 4.70. The van der Waals surface area contributed by atoms with Gasteiger partial charge in [-0.25, -0.2) is 0 Å². The van der Waals surface area contributed by atoms with Crippen LogP contribution in [0.3, 0.4) is 0 Å². The van der Waals surface area contributed by atoms with Gasteiger partial charge in [0, 0.05) is 19.7 Å². The first kappa shape index (κ1) is 10.5.